The number of aryl methyl sites for hydroxylation is 2. The standard InChI is InChI=1S/C16H20N2O4S/c1-12-5-6-13(2)15(10-12)23(20,21)18-8-7-16(19)17-11-14-4-3-9-22-14/h3-6,9-10,18H,7-8,11H2,1-2H3,(H,17,19). The lowest BCUT2D eigenvalue weighted by atomic mass is 10.2. The molecule has 1 aromatic carbocycles. The Bertz CT molecular complexity index is 767. The summed E-state index contributed by atoms with van der Waals surface area (Å²) < 4.78 is 32.1. The Labute approximate surface area is 135 Å². The molecule has 2 N–H and O–H groups in total. The monoisotopic (exact) mass is 336 g/mol. The van der Waals surface area contributed by atoms with Crippen LogP contribution in [0.1, 0.15) is 23.3 Å². The fourth-order valence-electron chi connectivity index (χ4n) is 2.06. The van der Waals surface area contributed by atoms with Gasteiger partial charge in [-0.25, -0.2) is 13.1 Å². The van der Waals surface area contributed by atoms with Crippen LogP contribution in [0.15, 0.2) is 45.9 Å². The van der Waals surface area contributed by atoms with Gasteiger partial charge in [0.25, 0.3) is 0 Å². The van der Waals surface area contributed by atoms with E-state index in [4.69, 9.17) is 4.42 Å². The molecule has 1 amide bonds. The van der Waals surface area contributed by atoms with Crippen LogP contribution in [0.25, 0.3) is 0 Å². The maximum atomic E-state index is 12.3. The van der Waals surface area contributed by atoms with Crippen LogP contribution < -0.4 is 10.0 Å². The third kappa shape index (κ3) is 4.94. The molecule has 0 saturated heterocycles. The van der Waals surface area contributed by atoms with Crippen LogP contribution in [0.4, 0.5) is 0 Å². The van der Waals surface area contributed by atoms with Crippen molar-refractivity contribution < 1.29 is 17.6 Å². The molecule has 0 aliphatic rings. The Morgan fingerprint density at radius 3 is 2.70 bits per heavy atom. The molecule has 0 spiro atoms. The van der Waals surface area contributed by atoms with Gasteiger partial charge in [-0.05, 0) is 43.2 Å². The zero-order valence-electron chi connectivity index (χ0n) is 13.1. The van der Waals surface area contributed by atoms with Crippen molar-refractivity contribution in [2.75, 3.05) is 6.54 Å². The third-order valence-corrected chi connectivity index (χ3v) is 4.92. The number of rotatable bonds is 7. The predicted molar refractivity (Wildman–Crippen MR) is 86.3 cm³/mol. The molecule has 2 aromatic rings. The van der Waals surface area contributed by atoms with Gasteiger partial charge < -0.3 is 9.73 Å². The SMILES string of the molecule is Cc1ccc(C)c(S(=O)(=O)NCCC(=O)NCc2ccco2)c1. The number of sulfonamides is 1. The van der Waals surface area contributed by atoms with E-state index in [-0.39, 0.29) is 30.3 Å². The van der Waals surface area contributed by atoms with Gasteiger partial charge in [0.1, 0.15) is 5.76 Å². The topological polar surface area (TPSA) is 88.4 Å². The molecule has 1 aromatic heterocycles. The van der Waals surface area contributed by atoms with Crippen LogP contribution >= 0.6 is 0 Å². The maximum Gasteiger partial charge on any atom is 0.240 e. The van der Waals surface area contributed by atoms with E-state index in [1.54, 1.807) is 31.2 Å². The molecule has 0 radical (unpaired) electrons. The van der Waals surface area contributed by atoms with Gasteiger partial charge in [0, 0.05) is 13.0 Å². The van der Waals surface area contributed by atoms with Crippen molar-refractivity contribution >= 4 is 15.9 Å². The molecule has 0 aliphatic carbocycles. The molecule has 23 heavy (non-hydrogen) atoms. The summed E-state index contributed by atoms with van der Waals surface area (Å²) >= 11 is 0. The fourth-order valence-corrected chi connectivity index (χ4v) is 3.42. The summed E-state index contributed by atoms with van der Waals surface area (Å²) in [6.45, 7) is 3.90. The average molecular weight is 336 g/mol. The lowest BCUT2D eigenvalue weighted by Gasteiger charge is -2.10. The third-order valence-electron chi connectivity index (χ3n) is 3.32. The van der Waals surface area contributed by atoms with E-state index in [2.05, 4.69) is 10.0 Å². The zero-order valence-corrected chi connectivity index (χ0v) is 13.9. The largest absolute Gasteiger partial charge is 0.467 e. The van der Waals surface area contributed by atoms with Gasteiger partial charge in [-0.3, -0.25) is 4.79 Å². The van der Waals surface area contributed by atoms with Crippen LogP contribution in [0.2, 0.25) is 0 Å². The molecule has 0 saturated carbocycles. The number of hydrogen-bond acceptors (Lipinski definition) is 4. The summed E-state index contributed by atoms with van der Waals surface area (Å²) in [5.74, 6) is 0.402. The number of benzene rings is 1. The second-order valence-corrected chi connectivity index (χ2v) is 7.01. The summed E-state index contributed by atoms with van der Waals surface area (Å²) in [6.07, 6.45) is 1.59. The Morgan fingerprint density at radius 1 is 1.22 bits per heavy atom. The van der Waals surface area contributed by atoms with E-state index in [1.807, 2.05) is 13.0 Å². The van der Waals surface area contributed by atoms with Crippen LogP contribution in [-0.4, -0.2) is 20.9 Å². The molecule has 0 unspecified atom stereocenters. The van der Waals surface area contributed by atoms with Crippen molar-refractivity contribution in [3.63, 3.8) is 0 Å². The normalized spacial score (nSPS) is 11.4. The van der Waals surface area contributed by atoms with Gasteiger partial charge in [-0.2, -0.15) is 0 Å². The number of amides is 1. The quantitative estimate of drug-likeness (QED) is 0.808. The smallest absolute Gasteiger partial charge is 0.240 e. The first-order valence-electron chi connectivity index (χ1n) is 7.24. The highest BCUT2D eigenvalue weighted by Crippen LogP contribution is 2.16. The summed E-state index contributed by atoms with van der Waals surface area (Å²) in [4.78, 5) is 11.9. The molecule has 1 heterocycles. The van der Waals surface area contributed by atoms with Crippen molar-refractivity contribution in [1.82, 2.24) is 10.0 Å². The molecule has 0 aliphatic heterocycles. The van der Waals surface area contributed by atoms with Gasteiger partial charge >= 0.3 is 0 Å². The summed E-state index contributed by atoms with van der Waals surface area (Å²) in [5.41, 5.74) is 1.54. The zero-order chi connectivity index (χ0) is 16.9. The average Bonchev–Trinajstić information content (AvgIpc) is 3.00. The first-order chi connectivity index (χ1) is 10.9. The highest BCUT2D eigenvalue weighted by atomic mass is 32.2. The molecule has 0 bridgehead atoms. The van der Waals surface area contributed by atoms with Crippen molar-refractivity contribution in [3.05, 3.63) is 53.5 Å². The molecule has 7 heteroatoms. The second-order valence-electron chi connectivity index (χ2n) is 5.27. The number of nitrogens with one attached hydrogen (secondary N) is 2. The number of carbonyl (C=O) groups is 1. The van der Waals surface area contributed by atoms with Crippen molar-refractivity contribution in [2.45, 2.75) is 31.7 Å². The van der Waals surface area contributed by atoms with Gasteiger partial charge in [-0.15, -0.1) is 0 Å². The Morgan fingerprint density at radius 2 is 2.00 bits per heavy atom. The lowest BCUT2D eigenvalue weighted by molar-refractivity contribution is -0.121. The van der Waals surface area contributed by atoms with Gasteiger partial charge in [0.15, 0.2) is 0 Å². The van der Waals surface area contributed by atoms with E-state index >= 15 is 0 Å². The molecule has 6 nitrogen and oxygen atoms in total. The van der Waals surface area contributed by atoms with Gasteiger partial charge in [0.05, 0.1) is 17.7 Å². The van der Waals surface area contributed by atoms with Gasteiger partial charge in [0.2, 0.25) is 15.9 Å². The van der Waals surface area contributed by atoms with Crippen molar-refractivity contribution in [2.24, 2.45) is 0 Å². The Balaban J connectivity index is 1.85. The first kappa shape index (κ1) is 17.2. The maximum absolute atomic E-state index is 12.3. The molecular formula is C16H20N2O4S. The minimum atomic E-state index is -3.62. The van der Waals surface area contributed by atoms with Crippen LogP contribution in [0, 0.1) is 13.8 Å². The summed E-state index contributed by atoms with van der Waals surface area (Å²) in [7, 11) is -3.62. The number of carbonyl (C=O) groups excluding carboxylic acids is 1. The molecular weight excluding hydrogens is 316 g/mol. The first-order valence-corrected chi connectivity index (χ1v) is 8.73. The van der Waals surface area contributed by atoms with E-state index < -0.39 is 10.0 Å². The highest BCUT2D eigenvalue weighted by Gasteiger charge is 2.16. The summed E-state index contributed by atoms with van der Waals surface area (Å²) in [5, 5.41) is 2.66. The van der Waals surface area contributed by atoms with Crippen molar-refractivity contribution in [1.29, 1.82) is 0 Å². The predicted octanol–water partition coefficient (Wildman–Crippen LogP) is 1.88. The number of furan rings is 1. The molecule has 2 rings (SSSR count). The van der Waals surface area contributed by atoms with Gasteiger partial charge in [-0.1, -0.05) is 12.1 Å². The summed E-state index contributed by atoms with van der Waals surface area (Å²) in [6, 6.07) is 8.73. The minimum Gasteiger partial charge on any atom is -0.467 e. The Hall–Kier alpha value is -2.12. The Kier molecular flexibility index (Phi) is 5.57. The highest BCUT2D eigenvalue weighted by molar-refractivity contribution is 7.89. The molecule has 124 valence electrons. The lowest BCUT2D eigenvalue weighted by Crippen LogP contribution is -2.30. The van der Waals surface area contributed by atoms with Crippen LogP contribution in [0.3, 0.4) is 0 Å². The van der Waals surface area contributed by atoms with E-state index in [0.717, 1.165) is 5.56 Å². The van der Waals surface area contributed by atoms with E-state index in [0.29, 0.717) is 11.3 Å². The molecule has 0 fully saturated rings. The molecule has 0 atom stereocenters. The second kappa shape index (κ2) is 7.43. The minimum absolute atomic E-state index is 0.0414. The number of hydrogen-bond donors (Lipinski definition) is 2. The van der Waals surface area contributed by atoms with Crippen molar-refractivity contribution in [3.8, 4) is 0 Å². The van der Waals surface area contributed by atoms with E-state index in [9.17, 15) is 13.2 Å². The fraction of sp³-hybridized carbons (Fsp3) is 0.312. The van der Waals surface area contributed by atoms with E-state index in [1.165, 1.54) is 6.26 Å². The van der Waals surface area contributed by atoms with Crippen LogP contribution in [-0.2, 0) is 21.4 Å². The van der Waals surface area contributed by atoms with Crippen LogP contribution in [0.5, 0.6) is 0 Å².